The summed E-state index contributed by atoms with van der Waals surface area (Å²) in [6.07, 6.45) is 27.1. The number of fused-ring (bicyclic) bond motifs is 2. The SMILES string of the molecule is C1=CCC2CC[CH-]C2=C1.CCCCCCP(CCCCCC)c1cc2ccccc2[cH-]1.[Cl][Ti][Cl]. The first-order valence-corrected chi connectivity index (χ1v) is 19.3. The first kappa shape index (κ1) is 30.1. The molecule has 0 radical (unpaired) electrons. The molecule has 0 aliphatic heterocycles. The van der Waals surface area contributed by atoms with Crippen LogP contribution in [0, 0.1) is 12.3 Å². The van der Waals surface area contributed by atoms with E-state index in [0.29, 0.717) is 0 Å². The molecule has 4 rings (SSSR count). The van der Waals surface area contributed by atoms with E-state index in [1.54, 1.807) is 10.9 Å². The summed E-state index contributed by atoms with van der Waals surface area (Å²) >= 11 is -0.556. The minimum absolute atomic E-state index is 0.0642. The molecule has 2 aliphatic carbocycles. The van der Waals surface area contributed by atoms with Gasteiger partial charge in [-0.05, 0) is 37.5 Å². The fourth-order valence-corrected chi connectivity index (χ4v) is 7.40. The molecule has 188 valence electrons. The van der Waals surface area contributed by atoms with E-state index in [4.69, 9.17) is 18.6 Å². The van der Waals surface area contributed by atoms with Gasteiger partial charge in [0.05, 0.1) is 0 Å². The second-order valence-corrected chi connectivity index (χ2v) is 14.4. The quantitative estimate of drug-likeness (QED) is 0.112. The fraction of sp³-hybridized carbons (Fsp3) is 0.533. The van der Waals surface area contributed by atoms with Gasteiger partial charge in [0.2, 0.25) is 0 Å². The zero-order valence-electron chi connectivity index (χ0n) is 21.2. The summed E-state index contributed by atoms with van der Waals surface area (Å²) in [6.45, 7) is 4.61. The van der Waals surface area contributed by atoms with Gasteiger partial charge in [-0.25, -0.2) is 18.1 Å². The number of benzene rings is 1. The Morgan fingerprint density at radius 3 is 2.26 bits per heavy atom. The average molecular weight is 553 g/mol. The molecular formula is C30H43Cl2PTi-2. The Hall–Kier alpha value is -0.0957. The number of allylic oxidation sites excluding steroid dienone is 4. The van der Waals surface area contributed by atoms with Crippen molar-refractivity contribution in [1.82, 2.24) is 0 Å². The Morgan fingerprint density at radius 2 is 1.65 bits per heavy atom. The molecule has 0 bridgehead atoms. The van der Waals surface area contributed by atoms with Crippen LogP contribution in [0.1, 0.15) is 84.5 Å². The van der Waals surface area contributed by atoms with Crippen LogP contribution in [0.3, 0.4) is 0 Å². The van der Waals surface area contributed by atoms with Crippen LogP contribution in [0.5, 0.6) is 0 Å². The van der Waals surface area contributed by atoms with Crippen molar-refractivity contribution in [3.8, 4) is 0 Å². The van der Waals surface area contributed by atoms with E-state index in [1.807, 2.05) is 0 Å². The fourth-order valence-electron chi connectivity index (χ4n) is 4.81. The van der Waals surface area contributed by atoms with Crippen molar-refractivity contribution in [2.75, 3.05) is 12.3 Å². The van der Waals surface area contributed by atoms with Crippen LogP contribution in [0.15, 0.2) is 60.2 Å². The van der Waals surface area contributed by atoms with Crippen molar-refractivity contribution in [2.45, 2.75) is 84.5 Å². The van der Waals surface area contributed by atoms with Gasteiger partial charge in [0.15, 0.2) is 0 Å². The Labute approximate surface area is 227 Å². The van der Waals surface area contributed by atoms with Crippen LogP contribution in [0.2, 0.25) is 0 Å². The summed E-state index contributed by atoms with van der Waals surface area (Å²) in [5.74, 6) is 0.884. The summed E-state index contributed by atoms with van der Waals surface area (Å²) in [5, 5.41) is 4.53. The Kier molecular flexibility index (Phi) is 16.9. The maximum absolute atomic E-state index is 4.89. The van der Waals surface area contributed by atoms with Crippen LogP contribution < -0.4 is 5.30 Å². The van der Waals surface area contributed by atoms with E-state index in [9.17, 15) is 0 Å². The summed E-state index contributed by atoms with van der Waals surface area (Å²) < 4.78 is 0. The molecule has 2 aromatic rings. The van der Waals surface area contributed by atoms with Gasteiger partial charge < -0.3 is 0 Å². The van der Waals surface area contributed by atoms with Crippen molar-refractivity contribution < 1.29 is 17.0 Å². The normalized spacial score (nSPS) is 16.1. The van der Waals surface area contributed by atoms with Crippen LogP contribution in [0.25, 0.3) is 10.8 Å². The summed E-state index contributed by atoms with van der Waals surface area (Å²) in [4.78, 5) is 0. The van der Waals surface area contributed by atoms with Crippen molar-refractivity contribution in [1.29, 1.82) is 0 Å². The molecule has 0 aromatic heterocycles. The molecule has 0 spiro atoms. The summed E-state index contributed by atoms with van der Waals surface area (Å²) in [6, 6.07) is 13.8. The van der Waals surface area contributed by atoms with Gasteiger partial charge in [0.1, 0.15) is 0 Å². The second-order valence-electron chi connectivity index (χ2n) is 9.33. The van der Waals surface area contributed by atoms with Crippen LogP contribution in [-0.2, 0) is 17.0 Å². The van der Waals surface area contributed by atoms with Gasteiger partial charge in [-0.1, -0.05) is 72.8 Å². The standard InChI is InChI=1S/C21H32P.C9H11.2ClH.Ti/c1-3-5-7-11-15-22(16-12-8-6-4-2)21-17-19-13-9-10-14-20(19)18-21;1-2-5-9-7-3-6-8(9)4-1;;;/h9-10,13-14,17-18H,3-8,11-12,15-16H2,1-2H3;1-2,4,6,9H,3,5,7H2;2*1H;/q2*-1;;;+2/p-2. The number of halogens is 2. The third-order valence-corrected chi connectivity index (χ3v) is 9.44. The van der Waals surface area contributed by atoms with E-state index in [0.717, 1.165) is 5.92 Å². The van der Waals surface area contributed by atoms with Gasteiger partial charge in [-0.3, -0.25) is 0 Å². The molecule has 1 atom stereocenters. The zero-order valence-corrected chi connectivity index (χ0v) is 25.2. The minimum atomic E-state index is -0.556. The van der Waals surface area contributed by atoms with Crippen molar-refractivity contribution >= 4 is 42.6 Å². The Bertz CT molecular complexity index is 796. The number of hydrogen-bond donors (Lipinski definition) is 0. The maximum atomic E-state index is 4.89. The van der Waals surface area contributed by atoms with Gasteiger partial charge >= 0.3 is 35.6 Å². The molecule has 0 N–H and O–H groups in total. The van der Waals surface area contributed by atoms with Crippen LogP contribution in [-0.4, -0.2) is 12.3 Å². The third-order valence-electron chi connectivity index (χ3n) is 6.74. The molecule has 4 heteroatoms. The van der Waals surface area contributed by atoms with E-state index >= 15 is 0 Å². The van der Waals surface area contributed by atoms with E-state index in [2.05, 4.69) is 74.9 Å². The van der Waals surface area contributed by atoms with Crippen LogP contribution >= 0.6 is 26.5 Å². The van der Waals surface area contributed by atoms with Gasteiger partial charge in [0.25, 0.3) is 0 Å². The number of unbranched alkanes of at least 4 members (excludes halogenated alkanes) is 6. The second kappa shape index (κ2) is 19.1. The van der Waals surface area contributed by atoms with E-state index in [-0.39, 0.29) is 7.92 Å². The molecule has 1 fully saturated rings. The average Bonchev–Trinajstić information content (AvgIpc) is 3.51. The van der Waals surface area contributed by atoms with Crippen LogP contribution in [0.4, 0.5) is 0 Å². The molecule has 2 aromatic carbocycles. The topological polar surface area (TPSA) is 0 Å². The van der Waals surface area contributed by atoms with Gasteiger partial charge in [-0.15, -0.1) is 58.9 Å². The molecule has 2 aliphatic rings. The molecule has 0 saturated heterocycles. The molecule has 0 amide bonds. The predicted octanol–water partition coefficient (Wildman–Crippen LogP) is 10.7. The molecule has 1 saturated carbocycles. The van der Waals surface area contributed by atoms with Crippen molar-refractivity contribution in [3.05, 3.63) is 66.6 Å². The monoisotopic (exact) mass is 552 g/mol. The van der Waals surface area contributed by atoms with Gasteiger partial charge in [-0.2, -0.15) is 6.07 Å². The first-order chi connectivity index (χ1) is 16.7. The molecule has 0 nitrogen and oxygen atoms in total. The Morgan fingerprint density at radius 1 is 0.971 bits per heavy atom. The van der Waals surface area contributed by atoms with Gasteiger partial charge in [0, 0.05) is 0 Å². The molecular weight excluding hydrogens is 510 g/mol. The van der Waals surface area contributed by atoms with E-state index in [1.165, 1.54) is 93.7 Å². The predicted molar refractivity (Wildman–Crippen MR) is 155 cm³/mol. The Balaban J connectivity index is 0.000000278. The first-order valence-electron chi connectivity index (χ1n) is 13.3. The summed E-state index contributed by atoms with van der Waals surface area (Å²) in [5.41, 5.74) is 1.58. The molecule has 1 unspecified atom stereocenters. The van der Waals surface area contributed by atoms with Crippen molar-refractivity contribution in [3.63, 3.8) is 0 Å². The zero-order chi connectivity index (χ0) is 24.4. The van der Waals surface area contributed by atoms with Crippen molar-refractivity contribution in [2.24, 2.45) is 5.92 Å². The van der Waals surface area contributed by atoms with E-state index < -0.39 is 17.0 Å². The molecule has 0 heterocycles. The number of rotatable bonds is 11. The third kappa shape index (κ3) is 11.3. The number of hydrogen-bond acceptors (Lipinski definition) is 0. The molecule has 34 heavy (non-hydrogen) atoms. The summed E-state index contributed by atoms with van der Waals surface area (Å²) in [7, 11) is 9.84.